The maximum atomic E-state index is 13.1. The number of amides is 2. The number of carbonyl (C=O) groups is 2. The number of rotatable bonds is 5. The van der Waals surface area contributed by atoms with Gasteiger partial charge in [0.05, 0.1) is 0 Å². The average Bonchev–Trinajstić information content (AvgIpc) is 3.28. The molecule has 1 aromatic carbocycles. The van der Waals surface area contributed by atoms with Crippen molar-refractivity contribution in [2.24, 2.45) is 5.41 Å². The molecule has 1 spiro atoms. The SMILES string of the molecule is O=C1CCCN1CCC(=O)N1CC[C@]2(CCCN(Cc3ccc(F)cc3)C2)C1. The van der Waals surface area contributed by atoms with Crippen molar-refractivity contribution >= 4 is 11.8 Å². The molecule has 4 rings (SSSR count). The second-order valence-corrected chi connectivity index (χ2v) is 8.74. The van der Waals surface area contributed by atoms with Gasteiger partial charge in [-0.1, -0.05) is 12.1 Å². The first-order valence-corrected chi connectivity index (χ1v) is 10.6. The average molecular weight is 387 g/mol. The smallest absolute Gasteiger partial charge is 0.224 e. The van der Waals surface area contributed by atoms with Gasteiger partial charge in [0.15, 0.2) is 0 Å². The minimum absolute atomic E-state index is 0.187. The lowest BCUT2D eigenvalue weighted by atomic mass is 9.79. The molecule has 3 saturated heterocycles. The van der Waals surface area contributed by atoms with Gasteiger partial charge < -0.3 is 9.80 Å². The van der Waals surface area contributed by atoms with Gasteiger partial charge in [0, 0.05) is 57.5 Å². The number of halogens is 1. The van der Waals surface area contributed by atoms with Crippen LogP contribution in [0.25, 0.3) is 0 Å². The molecule has 5 nitrogen and oxygen atoms in total. The van der Waals surface area contributed by atoms with E-state index in [2.05, 4.69) is 4.90 Å². The van der Waals surface area contributed by atoms with Crippen LogP contribution in [0.3, 0.4) is 0 Å². The predicted molar refractivity (Wildman–Crippen MR) is 105 cm³/mol. The van der Waals surface area contributed by atoms with E-state index in [1.54, 1.807) is 0 Å². The summed E-state index contributed by atoms with van der Waals surface area (Å²) in [5, 5.41) is 0. The van der Waals surface area contributed by atoms with Crippen LogP contribution in [-0.2, 0) is 16.1 Å². The van der Waals surface area contributed by atoms with Crippen molar-refractivity contribution in [1.29, 1.82) is 0 Å². The van der Waals surface area contributed by atoms with Gasteiger partial charge in [-0.2, -0.15) is 0 Å². The summed E-state index contributed by atoms with van der Waals surface area (Å²) in [7, 11) is 0. The van der Waals surface area contributed by atoms with E-state index in [1.165, 1.54) is 18.6 Å². The highest BCUT2D eigenvalue weighted by Crippen LogP contribution is 2.39. The lowest BCUT2D eigenvalue weighted by Crippen LogP contribution is -2.45. The summed E-state index contributed by atoms with van der Waals surface area (Å²) in [4.78, 5) is 30.7. The largest absolute Gasteiger partial charge is 0.342 e. The van der Waals surface area contributed by atoms with Crippen LogP contribution >= 0.6 is 0 Å². The Kier molecular flexibility index (Phi) is 5.67. The van der Waals surface area contributed by atoms with Gasteiger partial charge in [0.25, 0.3) is 0 Å². The Morgan fingerprint density at radius 1 is 1.04 bits per heavy atom. The van der Waals surface area contributed by atoms with Crippen LogP contribution in [-0.4, -0.2) is 65.8 Å². The molecule has 0 bridgehead atoms. The molecule has 3 heterocycles. The number of likely N-dealkylation sites (tertiary alicyclic amines) is 3. The Hall–Kier alpha value is -1.95. The molecule has 152 valence electrons. The molecule has 0 aromatic heterocycles. The zero-order valence-electron chi connectivity index (χ0n) is 16.5. The lowest BCUT2D eigenvalue weighted by Gasteiger charge is -2.40. The van der Waals surface area contributed by atoms with Crippen molar-refractivity contribution in [3.63, 3.8) is 0 Å². The van der Waals surface area contributed by atoms with Gasteiger partial charge >= 0.3 is 0 Å². The van der Waals surface area contributed by atoms with E-state index in [1.807, 2.05) is 21.9 Å². The molecule has 28 heavy (non-hydrogen) atoms. The number of hydrogen-bond acceptors (Lipinski definition) is 3. The predicted octanol–water partition coefficient (Wildman–Crippen LogP) is 2.65. The Morgan fingerprint density at radius 2 is 1.86 bits per heavy atom. The molecule has 1 aromatic rings. The molecule has 0 radical (unpaired) electrons. The van der Waals surface area contributed by atoms with Crippen molar-refractivity contribution in [2.75, 3.05) is 39.3 Å². The molecular formula is C22H30FN3O2. The Bertz CT molecular complexity index is 723. The molecule has 0 saturated carbocycles. The van der Waals surface area contributed by atoms with E-state index in [-0.39, 0.29) is 23.0 Å². The third-order valence-corrected chi connectivity index (χ3v) is 6.62. The molecule has 3 aliphatic rings. The lowest BCUT2D eigenvalue weighted by molar-refractivity contribution is -0.132. The summed E-state index contributed by atoms with van der Waals surface area (Å²) in [5.41, 5.74) is 1.33. The monoisotopic (exact) mass is 387 g/mol. The van der Waals surface area contributed by atoms with E-state index in [0.717, 1.165) is 64.1 Å². The number of hydrogen-bond donors (Lipinski definition) is 0. The Balaban J connectivity index is 1.29. The number of piperidine rings is 1. The molecule has 0 N–H and O–H groups in total. The minimum atomic E-state index is -0.195. The fourth-order valence-corrected chi connectivity index (χ4v) is 5.10. The molecule has 2 amide bonds. The van der Waals surface area contributed by atoms with Crippen molar-refractivity contribution < 1.29 is 14.0 Å². The fraction of sp³-hybridized carbons (Fsp3) is 0.636. The minimum Gasteiger partial charge on any atom is -0.342 e. The summed E-state index contributed by atoms with van der Waals surface area (Å²) >= 11 is 0. The maximum Gasteiger partial charge on any atom is 0.224 e. The van der Waals surface area contributed by atoms with Crippen LogP contribution in [0.5, 0.6) is 0 Å². The van der Waals surface area contributed by atoms with Crippen LogP contribution in [0.4, 0.5) is 4.39 Å². The normalized spacial score (nSPS) is 25.8. The van der Waals surface area contributed by atoms with E-state index < -0.39 is 0 Å². The number of carbonyl (C=O) groups excluding carboxylic acids is 2. The molecule has 1 atom stereocenters. The van der Waals surface area contributed by atoms with Crippen molar-refractivity contribution in [3.05, 3.63) is 35.6 Å². The van der Waals surface area contributed by atoms with Crippen molar-refractivity contribution in [2.45, 2.75) is 45.1 Å². The first-order valence-electron chi connectivity index (χ1n) is 10.6. The van der Waals surface area contributed by atoms with Gasteiger partial charge in [-0.15, -0.1) is 0 Å². The van der Waals surface area contributed by atoms with Gasteiger partial charge in [-0.05, 0) is 49.9 Å². The van der Waals surface area contributed by atoms with E-state index in [0.29, 0.717) is 19.4 Å². The number of benzene rings is 1. The second-order valence-electron chi connectivity index (χ2n) is 8.74. The Morgan fingerprint density at radius 3 is 2.61 bits per heavy atom. The quantitative estimate of drug-likeness (QED) is 0.780. The zero-order chi connectivity index (χ0) is 19.6. The van der Waals surface area contributed by atoms with Crippen molar-refractivity contribution in [3.8, 4) is 0 Å². The summed E-state index contributed by atoms with van der Waals surface area (Å²) in [6, 6.07) is 6.77. The molecule has 0 unspecified atom stereocenters. The highest BCUT2D eigenvalue weighted by Gasteiger charge is 2.42. The summed E-state index contributed by atoms with van der Waals surface area (Å²) < 4.78 is 13.1. The first-order chi connectivity index (χ1) is 13.5. The molecule has 0 aliphatic carbocycles. The van der Waals surface area contributed by atoms with Crippen LogP contribution in [0.2, 0.25) is 0 Å². The first kappa shape index (κ1) is 19.4. The van der Waals surface area contributed by atoms with E-state index >= 15 is 0 Å². The van der Waals surface area contributed by atoms with E-state index in [4.69, 9.17) is 0 Å². The highest BCUT2D eigenvalue weighted by atomic mass is 19.1. The maximum absolute atomic E-state index is 13.1. The third kappa shape index (κ3) is 4.37. The van der Waals surface area contributed by atoms with Crippen molar-refractivity contribution in [1.82, 2.24) is 14.7 Å². The van der Waals surface area contributed by atoms with Crippen LogP contribution in [0, 0.1) is 11.2 Å². The van der Waals surface area contributed by atoms with E-state index in [9.17, 15) is 14.0 Å². The van der Waals surface area contributed by atoms with Gasteiger partial charge in [-0.3, -0.25) is 14.5 Å². The van der Waals surface area contributed by atoms with Gasteiger partial charge in [0.1, 0.15) is 5.82 Å². The summed E-state index contributed by atoms with van der Waals surface area (Å²) in [5.74, 6) is 0.182. The molecule has 6 heteroatoms. The highest BCUT2D eigenvalue weighted by molar-refractivity contribution is 5.80. The molecular weight excluding hydrogens is 357 g/mol. The van der Waals surface area contributed by atoms with Crippen LogP contribution in [0.15, 0.2) is 24.3 Å². The number of nitrogens with zero attached hydrogens (tertiary/aromatic N) is 3. The summed E-state index contributed by atoms with van der Waals surface area (Å²) in [6.07, 6.45) is 5.36. The second kappa shape index (κ2) is 8.19. The third-order valence-electron chi connectivity index (χ3n) is 6.62. The van der Waals surface area contributed by atoms with Crippen LogP contribution in [0.1, 0.15) is 44.1 Å². The zero-order valence-corrected chi connectivity index (χ0v) is 16.5. The van der Waals surface area contributed by atoms with Gasteiger partial charge in [-0.25, -0.2) is 4.39 Å². The topological polar surface area (TPSA) is 43.9 Å². The Labute approximate surface area is 166 Å². The molecule has 3 aliphatic heterocycles. The standard InChI is InChI=1S/C22H30FN3O2/c23-19-6-4-18(5-7-19)15-24-11-2-9-22(16-24)10-14-26(17-22)21(28)8-13-25-12-1-3-20(25)27/h4-7H,1-3,8-17H2/t22-/m0/s1. The molecule has 3 fully saturated rings. The van der Waals surface area contributed by atoms with Crippen LogP contribution < -0.4 is 0 Å². The summed E-state index contributed by atoms with van der Waals surface area (Å²) in [6.45, 7) is 5.93. The van der Waals surface area contributed by atoms with Gasteiger partial charge in [0.2, 0.25) is 11.8 Å². The fourth-order valence-electron chi connectivity index (χ4n) is 5.10.